The lowest BCUT2D eigenvalue weighted by molar-refractivity contribution is -0.118. The van der Waals surface area contributed by atoms with Crippen LogP contribution in [-0.2, 0) is 4.79 Å². The first-order valence-electron chi connectivity index (χ1n) is 7.09. The van der Waals surface area contributed by atoms with Crippen molar-refractivity contribution >= 4 is 23.7 Å². The van der Waals surface area contributed by atoms with Crippen molar-refractivity contribution in [1.29, 1.82) is 0 Å². The van der Waals surface area contributed by atoms with E-state index in [1.54, 1.807) is 30.0 Å². The molecule has 2 N–H and O–H groups in total. The Morgan fingerprint density at radius 2 is 2.24 bits per heavy atom. The number of rotatable bonds is 6. The molecule has 0 aliphatic heterocycles. The van der Waals surface area contributed by atoms with Gasteiger partial charge >= 0.3 is 0 Å². The van der Waals surface area contributed by atoms with Gasteiger partial charge in [0.2, 0.25) is 5.91 Å². The zero-order valence-electron chi connectivity index (χ0n) is 12.0. The molecule has 2 atom stereocenters. The van der Waals surface area contributed by atoms with Crippen LogP contribution in [-0.4, -0.2) is 34.2 Å². The highest BCUT2D eigenvalue weighted by atomic mass is 32.2. The third kappa shape index (κ3) is 4.32. The Kier molecular flexibility index (Phi) is 5.42. The van der Waals surface area contributed by atoms with Crippen LogP contribution in [0.15, 0.2) is 30.3 Å². The summed E-state index contributed by atoms with van der Waals surface area (Å²) in [6.07, 6.45) is 4.75. The molecule has 0 saturated heterocycles. The quantitative estimate of drug-likeness (QED) is 0.794. The number of carbonyl (C=O) groups excluding carboxylic acids is 1. The first-order valence-corrected chi connectivity index (χ1v) is 8.14. The van der Waals surface area contributed by atoms with Crippen LogP contribution in [0.5, 0.6) is 0 Å². The summed E-state index contributed by atoms with van der Waals surface area (Å²) in [5.74, 6) is 0.411. The van der Waals surface area contributed by atoms with Gasteiger partial charge in [0.15, 0.2) is 0 Å². The summed E-state index contributed by atoms with van der Waals surface area (Å²) in [4.78, 5) is 11.7. The summed E-state index contributed by atoms with van der Waals surface area (Å²) in [6, 6.07) is 5.90. The topological polar surface area (TPSA) is 49.3 Å². The Labute approximate surface area is 128 Å². The lowest BCUT2D eigenvalue weighted by Crippen LogP contribution is -2.56. The van der Waals surface area contributed by atoms with E-state index in [9.17, 15) is 14.3 Å². The molecule has 1 aromatic rings. The molecule has 21 heavy (non-hydrogen) atoms. The van der Waals surface area contributed by atoms with Crippen LogP contribution < -0.4 is 5.32 Å². The Bertz CT molecular complexity index is 518. The monoisotopic (exact) mass is 309 g/mol. The van der Waals surface area contributed by atoms with Crippen LogP contribution in [0.25, 0.3) is 6.08 Å². The Morgan fingerprint density at radius 1 is 1.52 bits per heavy atom. The van der Waals surface area contributed by atoms with E-state index >= 15 is 0 Å². The van der Waals surface area contributed by atoms with Crippen LogP contribution >= 0.6 is 11.8 Å². The van der Waals surface area contributed by atoms with Gasteiger partial charge in [-0.15, -0.1) is 0 Å². The van der Waals surface area contributed by atoms with Gasteiger partial charge in [-0.1, -0.05) is 19.1 Å². The van der Waals surface area contributed by atoms with Gasteiger partial charge in [0, 0.05) is 17.9 Å². The van der Waals surface area contributed by atoms with Gasteiger partial charge in [0.05, 0.1) is 5.60 Å². The van der Waals surface area contributed by atoms with Crippen molar-refractivity contribution in [2.45, 2.75) is 30.6 Å². The van der Waals surface area contributed by atoms with E-state index in [0.717, 1.165) is 24.2 Å². The second kappa shape index (κ2) is 7.09. The fourth-order valence-electron chi connectivity index (χ4n) is 2.28. The van der Waals surface area contributed by atoms with Gasteiger partial charge in [-0.05, 0) is 42.4 Å². The normalized spacial score (nSPS) is 24.8. The number of thioether (sulfide) groups is 1. The van der Waals surface area contributed by atoms with Crippen molar-refractivity contribution in [3.05, 3.63) is 41.7 Å². The van der Waals surface area contributed by atoms with Crippen LogP contribution in [0.4, 0.5) is 4.39 Å². The largest absolute Gasteiger partial charge is 0.387 e. The molecule has 0 heterocycles. The number of benzene rings is 1. The maximum Gasteiger partial charge on any atom is 0.244 e. The molecule has 0 bridgehead atoms. The van der Waals surface area contributed by atoms with Crippen LogP contribution in [0, 0.1) is 5.82 Å². The smallest absolute Gasteiger partial charge is 0.244 e. The summed E-state index contributed by atoms with van der Waals surface area (Å²) < 4.78 is 12.7. The highest BCUT2D eigenvalue weighted by Crippen LogP contribution is 2.40. The SMILES string of the molecule is CCS[C@@H]1CC[C@@]1(O)CNC(=O)/C=C/c1ccc(F)cc1. The summed E-state index contributed by atoms with van der Waals surface area (Å²) in [5, 5.41) is 13.3. The van der Waals surface area contributed by atoms with Crippen molar-refractivity contribution in [3.8, 4) is 0 Å². The van der Waals surface area contributed by atoms with Crippen LogP contribution in [0.3, 0.4) is 0 Å². The van der Waals surface area contributed by atoms with E-state index < -0.39 is 5.60 Å². The number of hydrogen-bond acceptors (Lipinski definition) is 3. The Balaban J connectivity index is 1.81. The standard InChI is InChI=1S/C16H20FNO2S/c1-2-21-14-9-10-16(14,20)11-18-15(19)8-5-12-3-6-13(17)7-4-12/h3-8,14,20H,2,9-11H2,1H3,(H,18,19)/b8-5+/t14-,16-/m1/s1. The third-order valence-corrected chi connectivity index (χ3v) is 5.08. The van der Waals surface area contributed by atoms with Crippen LogP contribution in [0.1, 0.15) is 25.3 Å². The van der Waals surface area contributed by atoms with Crippen molar-refractivity contribution in [2.75, 3.05) is 12.3 Å². The lowest BCUT2D eigenvalue weighted by Gasteiger charge is -2.44. The molecule has 3 nitrogen and oxygen atoms in total. The molecule has 0 spiro atoms. The number of halogens is 1. The second-order valence-corrected chi connectivity index (χ2v) is 6.67. The van der Waals surface area contributed by atoms with E-state index in [4.69, 9.17) is 0 Å². The summed E-state index contributed by atoms with van der Waals surface area (Å²) in [6.45, 7) is 2.34. The third-order valence-electron chi connectivity index (χ3n) is 3.67. The van der Waals surface area contributed by atoms with E-state index in [2.05, 4.69) is 12.2 Å². The molecular weight excluding hydrogens is 289 g/mol. The predicted molar refractivity (Wildman–Crippen MR) is 84.5 cm³/mol. The molecule has 1 aliphatic carbocycles. The molecule has 114 valence electrons. The van der Waals surface area contributed by atoms with Gasteiger partial charge in [0.1, 0.15) is 5.82 Å². The Morgan fingerprint density at radius 3 is 2.81 bits per heavy atom. The van der Waals surface area contributed by atoms with Gasteiger partial charge in [-0.2, -0.15) is 11.8 Å². The molecule has 1 amide bonds. The molecule has 0 aromatic heterocycles. The Hall–Kier alpha value is -1.33. The number of nitrogens with one attached hydrogen (secondary N) is 1. The minimum Gasteiger partial charge on any atom is -0.387 e. The molecule has 1 fully saturated rings. The molecular formula is C16H20FNO2S. The first kappa shape index (κ1) is 16.0. The molecule has 0 unspecified atom stereocenters. The van der Waals surface area contributed by atoms with Gasteiger partial charge in [-0.25, -0.2) is 4.39 Å². The summed E-state index contributed by atoms with van der Waals surface area (Å²) in [5.41, 5.74) is -0.0200. The second-order valence-electron chi connectivity index (χ2n) is 5.19. The number of carbonyl (C=O) groups is 1. The van der Waals surface area contributed by atoms with E-state index in [-0.39, 0.29) is 23.5 Å². The van der Waals surface area contributed by atoms with E-state index in [0.29, 0.717) is 0 Å². The first-order chi connectivity index (χ1) is 10.0. The maximum atomic E-state index is 12.7. The van der Waals surface area contributed by atoms with E-state index in [1.807, 2.05) is 0 Å². The molecule has 0 radical (unpaired) electrons. The van der Waals surface area contributed by atoms with Crippen molar-refractivity contribution in [3.63, 3.8) is 0 Å². The van der Waals surface area contributed by atoms with Gasteiger partial charge < -0.3 is 10.4 Å². The fraction of sp³-hybridized carbons (Fsp3) is 0.438. The number of amides is 1. The number of aliphatic hydroxyl groups is 1. The molecule has 2 rings (SSSR count). The zero-order valence-corrected chi connectivity index (χ0v) is 12.8. The average Bonchev–Trinajstić information content (AvgIpc) is 2.48. The van der Waals surface area contributed by atoms with Crippen molar-refractivity contribution in [1.82, 2.24) is 5.32 Å². The highest BCUT2D eigenvalue weighted by molar-refractivity contribution is 8.00. The molecule has 1 aliphatic rings. The zero-order chi connectivity index (χ0) is 15.3. The maximum absolute atomic E-state index is 12.7. The molecule has 1 aromatic carbocycles. The summed E-state index contributed by atoms with van der Waals surface area (Å²) in [7, 11) is 0. The lowest BCUT2D eigenvalue weighted by atomic mass is 9.79. The van der Waals surface area contributed by atoms with Crippen LogP contribution in [0.2, 0.25) is 0 Å². The highest BCUT2D eigenvalue weighted by Gasteiger charge is 2.45. The average molecular weight is 309 g/mol. The van der Waals surface area contributed by atoms with Gasteiger partial charge in [0.25, 0.3) is 0 Å². The molecule has 1 saturated carbocycles. The number of hydrogen-bond donors (Lipinski definition) is 2. The minimum absolute atomic E-state index is 0.212. The van der Waals surface area contributed by atoms with Crippen molar-refractivity contribution < 1.29 is 14.3 Å². The van der Waals surface area contributed by atoms with Gasteiger partial charge in [-0.3, -0.25) is 4.79 Å². The van der Waals surface area contributed by atoms with E-state index in [1.165, 1.54) is 18.2 Å². The fourth-order valence-corrected chi connectivity index (χ4v) is 3.48. The molecule has 5 heteroatoms. The summed E-state index contributed by atoms with van der Waals surface area (Å²) >= 11 is 1.73. The minimum atomic E-state index is -0.778. The van der Waals surface area contributed by atoms with Crippen molar-refractivity contribution in [2.24, 2.45) is 0 Å². The predicted octanol–water partition coefficient (Wildman–Crippen LogP) is 2.60.